The van der Waals surface area contributed by atoms with Gasteiger partial charge < -0.3 is 34.9 Å². The number of rotatable bonds is 8. The number of benzene rings is 1. The van der Waals surface area contributed by atoms with E-state index in [2.05, 4.69) is 15.2 Å². The van der Waals surface area contributed by atoms with Crippen LogP contribution in [0.4, 0.5) is 20.8 Å². The fourth-order valence-electron chi connectivity index (χ4n) is 5.20. The standard InChI is InChI=1S/C26H30FN5O6/c1-31(16-6-15-7-18(9-20(27)19(15)8-16)37-14-26(28)12-35-13-26)5-4-17-10-32(25(34)38-17)22-3-2-21-24(29-22)30-23(33)11-36-21/h2-3,7,9,16-17H,4-6,8,10-14,28H2,1H3,(H,29,30,33). The zero-order valence-corrected chi connectivity index (χ0v) is 21.1. The maximum Gasteiger partial charge on any atom is 0.415 e. The average Bonchev–Trinajstić information content (AvgIpc) is 3.48. The van der Waals surface area contributed by atoms with Crippen LogP contribution in [0.1, 0.15) is 17.5 Å². The Morgan fingerprint density at radius 1 is 1.29 bits per heavy atom. The van der Waals surface area contributed by atoms with Crippen molar-refractivity contribution in [1.29, 1.82) is 0 Å². The Labute approximate surface area is 219 Å². The summed E-state index contributed by atoms with van der Waals surface area (Å²) in [5.41, 5.74) is 7.28. The van der Waals surface area contributed by atoms with Gasteiger partial charge in [0, 0.05) is 18.7 Å². The molecule has 2 saturated heterocycles. The molecule has 12 heteroatoms. The minimum absolute atomic E-state index is 0.0617. The predicted molar refractivity (Wildman–Crippen MR) is 134 cm³/mol. The second-order valence-electron chi connectivity index (χ2n) is 10.5. The molecule has 3 N–H and O–H groups in total. The lowest BCUT2D eigenvalue weighted by Crippen LogP contribution is -2.61. The Balaban J connectivity index is 1.03. The molecule has 202 valence electrons. The summed E-state index contributed by atoms with van der Waals surface area (Å²) in [7, 11) is 2.00. The second-order valence-corrected chi connectivity index (χ2v) is 10.5. The normalized spacial score (nSPS) is 23.3. The van der Waals surface area contributed by atoms with E-state index in [1.54, 1.807) is 12.1 Å². The van der Waals surface area contributed by atoms with Crippen molar-refractivity contribution in [3.05, 3.63) is 41.2 Å². The highest BCUT2D eigenvalue weighted by atomic mass is 19.1. The predicted octanol–water partition coefficient (Wildman–Crippen LogP) is 1.47. The Bertz CT molecular complexity index is 1270. The molecular formula is C26H30FN5O6. The molecule has 0 saturated carbocycles. The fraction of sp³-hybridized carbons (Fsp3) is 0.500. The highest BCUT2D eigenvalue weighted by molar-refractivity contribution is 5.95. The number of hydrogen-bond donors (Lipinski definition) is 2. The van der Waals surface area contributed by atoms with Gasteiger partial charge in [-0.15, -0.1) is 0 Å². The van der Waals surface area contributed by atoms with Crippen LogP contribution in [0.3, 0.4) is 0 Å². The first-order valence-corrected chi connectivity index (χ1v) is 12.7. The van der Waals surface area contributed by atoms with E-state index in [0.29, 0.717) is 62.9 Å². The number of carbonyl (C=O) groups is 2. The summed E-state index contributed by atoms with van der Waals surface area (Å²) in [6.07, 6.45) is 1.14. The monoisotopic (exact) mass is 527 g/mol. The third-order valence-electron chi connectivity index (χ3n) is 7.50. The van der Waals surface area contributed by atoms with E-state index in [0.717, 1.165) is 11.1 Å². The molecule has 2 aromatic rings. The summed E-state index contributed by atoms with van der Waals surface area (Å²) in [6, 6.07) is 6.82. The summed E-state index contributed by atoms with van der Waals surface area (Å²) in [4.78, 5) is 32.1. The van der Waals surface area contributed by atoms with Gasteiger partial charge in [-0.3, -0.25) is 9.69 Å². The molecule has 2 fully saturated rings. The first-order chi connectivity index (χ1) is 18.3. The number of halogens is 1. The summed E-state index contributed by atoms with van der Waals surface area (Å²) in [5.74, 6) is 1.07. The van der Waals surface area contributed by atoms with E-state index in [9.17, 15) is 14.0 Å². The number of aromatic nitrogens is 1. The minimum atomic E-state index is -0.502. The fourth-order valence-corrected chi connectivity index (χ4v) is 5.20. The lowest BCUT2D eigenvalue weighted by atomic mass is 10.0. The second kappa shape index (κ2) is 9.68. The molecule has 2 atom stereocenters. The number of likely N-dealkylation sites (N-methyl/N-ethyl adjacent to an activating group) is 1. The van der Waals surface area contributed by atoms with Gasteiger partial charge in [-0.2, -0.15) is 0 Å². The maximum absolute atomic E-state index is 14.9. The molecule has 1 aliphatic carbocycles. The van der Waals surface area contributed by atoms with Crippen LogP contribution >= 0.6 is 0 Å². The van der Waals surface area contributed by atoms with Crippen molar-refractivity contribution >= 4 is 23.6 Å². The van der Waals surface area contributed by atoms with Crippen LogP contribution < -0.4 is 25.4 Å². The van der Waals surface area contributed by atoms with Gasteiger partial charge in [-0.25, -0.2) is 14.2 Å². The van der Waals surface area contributed by atoms with Crippen molar-refractivity contribution in [3.63, 3.8) is 0 Å². The van der Waals surface area contributed by atoms with Crippen LogP contribution in [-0.4, -0.2) is 86.1 Å². The number of ether oxygens (including phenoxy) is 4. The van der Waals surface area contributed by atoms with Gasteiger partial charge in [0.1, 0.15) is 30.1 Å². The SMILES string of the molecule is CN(CCC1CN(c2ccc3c(n2)NC(=O)CO3)C(=O)O1)C1Cc2cc(OCC3(N)COC3)cc(F)c2C1. The topological polar surface area (TPSA) is 128 Å². The lowest BCUT2D eigenvalue weighted by molar-refractivity contribution is -0.118. The number of cyclic esters (lactones) is 1. The number of nitrogens with zero attached hydrogens (tertiary/aromatic N) is 3. The molecule has 38 heavy (non-hydrogen) atoms. The van der Waals surface area contributed by atoms with Crippen LogP contribution in [0.5, 0.6) is 11.5 Å². The zero-order valence-electron chi connectivity index (χ0n) is 21.1. The third-order valence-corrected chi connectivity index (χ3v) is 7.50. The molecule has 0 spiro atoms. The number of carbonyl (C=O) groups excluding carboxylic acids is 2. The van der Waals surface area contributed by atoms with Crippen LogP contribution in [0.2, 0.25) is 0 Å². The number of anilines is 2. The van der Waals surface area contributed by atoms with E-state index in [-0.39, 0.29) is 42.9 Å². The van der Waals surface area contributed by atoms with Crippen molar-refractivity contribution in [2.45, 2.75) is 36.9 Å². The Hall–Kier alpha value is -3.48. The quantitative estimate of drug-likeness (QED) is 0.524. The van der Waals surface area contributed by atoms with E-state index in [1.807, 2.05) is 13.1 Å². The highest BCUT2D eigenvalue weighted by Gasteiger charge is 2.37. The number of amides is 2. The summed E-state index contributed by atoms with van der Waals surface area (Å²) in [5, 5.41) is 2.65. The van der Waals surface area contributed by atoms with Crippen LogP contribution in [0.25, 0.3) is 0 Å². The Morgan fingerprint density at radius 2 is 2.13 bits per heavy atom. The van der Waals surface area contributed by atoms with Crippen LogP contribution in [-0.2, 0) is 27.1 Å². The number of nitrogens with two attached hydrogens (primary N) is 1. The van der Waals surface area contributed by atoms with E-state index < -0.39 is 11.6 Å². The smallest absolute Gasteiger partial charge is 0.415 e. The number of nitrogens with one attached hydrogen (secondary N) is 1. The summed E-state index contributed by atoms with van der Waals surface area (Å²) < 4.78 is 36.7. The Morgan fingerprint density at radius 3 is 2.92 bits per heavy atom. The Kier molecular flexibility index (Phi) is 6.33. The van der Waals surface area contributed by atoms with Gasteiger partial charge in [-0.1, -0.05) is 0 Å². The average molecular weight is 528 g/mol. The molecule has 0 bridgehead atoms. The molecule has 1 aromatic heterocycles. The molecular weight excluding hydrogens is 497 g/mol. The van der Waals surface area contributed by atoms with Crippen molar-refractivity contribution in [2.75, 3.05) is 56.8 Å². The van der Waals surface area contributed by atoms with E-state index >= 15 is 0 Å². The van der Waals surface area contributed by atoms with Crippen molar-refractivity contribution in [2.24, 2.45) is 5.73 Å². The third kappa shape index (κ3) is 4.86. The van der Waals surface area contributed by atoms with E-state index in [4.69, 9.17) is 24.7 Å². The molecule has 0 radical (unpaired) electrons. The van der Waals surface area contributed by atoms with Gasteiger partial charge in [0.25, 0.3) is 5.91 Å². The first-order valence-electron chi connectivity index (χ1n) is 12.7. The van der Waals surface area contributed by atoms with Gasteiger partial charge in [0.2, 0.25) is 0 Å². The van der Waals surface area contributed by atoms with Crippen molar-refractivity contribution in [1.82, 2.24) is 9.88 Å². The molecule has 4 heterocycles. The number of fused-ring (bicyclic) bond motifs is 2. The molecule has 4 aliphatic rings. The van der Waals surface area contributed by atoms with Crippen LogP contribution in [0, 0.1) is 5.82 Å². The molecule has 11 nitrogen and oxygen atoms in total. The first kappa shape index (κ1) is 24.8. The van der Waals surface area contributed by atoms with Gasteiger partial charge >= 0.3 is 6.09 Å². The molecule has 1 aromatic carbocycles. The number of pyridine rings is 1. The van der Waals surface area contributed by atoms with Gasteiger partial charge in [-0.05, 0) is 55.6 Å². The highest BCUT2D eigenvalue weighted by Crippen LogP contribution is 2.33. The maximum atomic E-state index is 14.9. The zero-order chi connectivity index (χ0) is 26.4. The van der Waals surface area contributed by atoms with Gasteiger partial charge in [0.05, 0.1) is 25.3 Å². The molecule has 3 aliphatic heterocycles. The number of hydrogen-bond acceptors (Lipinski definition) is 9. The summed E-state index contributed by atoms with van der Waals surface area (Å²) in [6.45, 7) is 2.13. The van der Waals surface area contributed by atoms with Gasteiger partial charge in [0.15, 0.2) is 18.2 Å². The summed E-state index contributed by atoms with van der Waals surface area (Å²) >= 11 is 0. The largest absolute Gasteiger partial charge is 0.491 e. The van der Waals surface area contributed by atoms with Crippen LogP contribution in [0.15, 0.2) is 24.3 Å². The molecule has 2 unspecified atom stereocenters. The van der Waals surface area contributed by atoms with Crippen molar-refractivity contribution in [3.8, 4) is 11.5 Å². The van der Waals surface area contributed by atoms with E-state index in [1.165, 1.54) is 11.0 Å². The minimum Gasteiger partial charge on any atom is -0.491 e. The lowest BCUT2D eigenvalue weighted by Gasteiger charge is -2.37. The molecule has 6 rings (SSSR count). The van der Waals surface area contributed by atoms with Crippen molar-refractivity contribution < 1.29 is 32.9 Å². The molecule has 2 amide bonds.